The highest BCUT2D eigenvalue weighted by Gasteiger charge is 2.48. The summed E-state index contributed by atoms with van der Waals surface area (Å²) in [6.45, 7) is 5.01. The topological polar surface area (TPSA) is 61.8 Å². The Morgan fingerprint density at radius 3 is 1.95 bits per heavy atom. The average Bonchev–Trinajstić information content (AvgIpc) is 2.98. The van der Waals surface area contributed by atoms with E-state index >= 15 is 0 Å². The van der Waals surface area contributed by atoms with E-state index in [0.29, 0.717) is 6.07 Å². The zero-order valence-corrected chi connectivity index (χ0v) is 21.3. The number of hydrogen-bond donors (Lipinski definition) is 0. The lowest BCUT2D eigenvalue weighted by Gasteiger charge is -2.26. The van der Waals surface area contributed by atoms with Crippen LogP contribution in [0.3, 0.4) is 0 Å². The number of esters is 2. The Morgan fingerprint density at radius 1 is 0.868 bits per heavy atom. The minimum absolute atomic E-state index is 0.0000685. The predicted molar refractivity (Wildman–Crippen MR) is 126 cm³/mol. The zero-order chi connectivity index (χ0) is 28.5. The zero-order valence-electron chi connectivity index (χ0n) is 20.5. The lowest BCUT2D eigenvalue weighted by atomic mass is 9.79. The van der Waals surface area contributed by atoms with Gasteiger partial charge in [0.15, 0.2) is 11.5 Å². The van der Waals surface area contributed by atoms with E-state index < -0.39 is 46.4 Å². The second-order valence-corrected chi connectivity index (χ2v) is 9.57. The van der Waals surface area contributed by atoms with Crippen LogP contribution in [0, 0.1) is 0 Å². The lowest BCUT2D eigenvalue weighted by Crippen LogP contribution is -2.22. The summed E-state index contributed by atoms with van der Waals surface area (Å²) in [6, 6.07) is 3.23. The number of rotatable bonds is 3. The van der Waals surface area contributed by atoms with E-state index in [4.69, 9.17) is 25.8 Å². The largest absolute Gasteiger partial charge is 0.491 e. The Labute approximate surface area is 217 Å². The predicted octanol–water partition coefficient (Wildman–Crippen LogP) is 7.70. The fourth-order valence-corrected chi connectivity index (χ4v) is 5.31. The van der Waals surface area contributed by atoms with Crippen LogP contribution in [0.2, 0.25) is 5.02 Å². The number of carbonyl (C=O) groups is 2. The van der Waals surface area contributed by atoms with E-state index in [0.717, 1.165) is 13.8 Å². The van der Waals surface area contributed by atoms with E-state index in [1.807, 2.05) is 0 Å². The van der Waals surface area contributed by atoms with Crippen LogP contribution >= 0.6 is 11.6 Å². The van der Waals surface area contributed by atoms with Gasteiger partial charge in [-0.15, -0.1) is 0 Å². The van der Waals surface area contributed by atoms with Gasteiger partial charge in [-0.3, -0.25) is 9.59 Å². The van der Waals surface area contributed by atoms with Gasteiger partial charge in [-0.2, -0.15) is 26.3 Å². The summed E-state index contributed by atoms with van der Waals surface area (Å²) in [5.41, 5.74) is -5.02. The summed E-state index contributed by atoms with van der Waals surface area (Å²) in [7, 11) is 1.21. The van der Waals surface area contributed by atoms with Crippen LogP contribution in [0.4, 0.5) is 26.3 Å². The molecule has 1 aliphatic carbocycles. The maximum atomic E-state index is 14.2. The number of fused-ring (bicyclic) bond motifs is 5. The van der Waals surface area contributed by atoms with E-state index in [2.05, 4.69) is 0 Å². The van der Waals surface area contributed by atoms with Crippen LogP contribution in [0.1, 0.15) is 49.9 Å². The second-order valence-electron chi connectivity index (χ2n) is 9.20. The molecule has 0 aromatic heterocycles. The molecule has 0 amide bonds. The van der Waals surface area contributed by atoms with Gasteiger partial charge < -0.3 is 14.2 Å². The third kappa shape index (κ3) is 4.32. The van der Waals surface area contributed by atoms with Crippen molar-refractivity contribution in [1.29, 1.82) is 0 Å². The molecule has 4 rings (SSSR count). The summed E-state index contributed by atoms with van der Waals surface area (Å²) >= 11 is 6.56. The quantitative estimate of drug-likeness (QED) is 0.187. The van der Waals surface area contributed by atoms with Crippen molar-refractivity contribution in [3.05, 3.63) is 51.5 Å². The Morgan fingerprint density at radius 2 is 1.45 bits per heavy atom. The maximum absolute atomic E-state index is 14.2. The Kier molecular flexibility index (Phi) is 6.38. The van der Waals surface area contributed by atoms with Crippen molar-refractivity contribution < 1.29 is 50.1 Å². The SMILES string of the molecule is COc1c(OC(C)=O)cc2c3c(cc(OC(C)=O)c2c1Cl)C(C)(C)c1c-3cc(C(F)(F)F)cc1C(F)(F)F. The highest BCUT2D eigenvalue weighted by Crippen LogP contribution is 2.59. The van der Waals surface area contributed by atoms with Gasteiger partial charge in [-0.05, 0) is 51.9 Å². The molecule has 3 aromatic carbocycles. The third-order valence-corrected chi connectivity index (χ3v) is 6.66. The minimum Gasteiger partial charge on any atom is -0.491 e. The molecule has 0 bridgehead atoms. The third-order valence-electron chi connectivity index (χ3n) is 6.30. The Bertz CT molecular complexity index is 1520. The van der Waals surface area contributed by atoms with E-state index in [9.17, 15) is 35.9 Å². The number of alkyl halides is 6. The average molecular weight is 561 g/mol. The van der Waals surface area contributed by atoms with Crippen molar-refractivity contribution in [3.63, 3.8) is 0 Å². The molecular formula is C26H19ClF6O5. The summed E-state index contributed by atoms with van der Waals surface area (Å²) in [6.07, 6.45) is -10.2. The Balaban J connectivity index is 2.28. The van der Waals surface area contributed by atoms with Gasteiger partial charge in [0.2, 0.25) is 0 Å². The molecule has 38 heavy (non-hydrogen) atoms. The molecule has 0 atom stereocenters. The van der Waals surface area contributed by atoms with Gasteiger partial charge in [0, 0.05) is 24.6 Å². The molecule has 0 unspecified atom stereocenters. The number of hydrogen-bond acceptors (Lipinski definition) is 5. The fraction of sp³-hybridized carbons (Fsp3) is 0.308. The molecule has 202 valence electrons. The highest BCUT2D eigenvalue weighted by molar-refractivity contribution is 6.38. The molecule has 0 aliphatic heterocycles. The number of ether oxygens (including phenoxy) is 3. The molecule has 3 aromatic rings. The first-order valence-corrected chi connectivity index (χ1v) is 11.3. The molecule has 0 heterocycles. The molecule has 1 aliphatic rings. The molecule has 5 nitrogen and oxygen atoms in total. The Hall–Kier alpha value is -3.47. The van der Waals surface area contributed by atoms with Crippen molar-refractivity contribution in [1.82, 2.24) is 0 Å². The van der Waals surface area contributed by atoms with Crippen molar-refractivity contribution in [3.8, 4) is 28.4 Å². The fourth-order valence-electron chi connectivity index (χ4n) is 4.94. The summed E-state index contributed by atoms with van der Waals surface area (Å²) in [5.74, 6) is -2.11. The van der Waals surface area contributed by atoms with Gasteiger partial charge in [0.1, 0.15) is 5.75 Å². The van der Waals surface area contributed by atoms with Crippen molar-refractivity contribution in [2.75, 3.05) is 7.11 Å². The molecule has 0 spiro atoms. The molecule has 0 N–H and O–H groups in total. The van der Waals surface area contributed by atoms with E-state index in [1.54, 1.807) is 0 Å². The van der Waals surface area contributed by atoms with Crippen molar-refractivity contribution in [2.24, 2.45) is 0 Å². The highest BCUT2D eigenvalue weighted by atomic mass is 35.5. The second kappa shape index (κ2) is 8.79. The number of carbonyl (C=O) groups excluding carboxylic acids is 2. The van der Waals surface area contributed by atoms with Gasteiger partial charge >= 0.3 is 24.3 Å². The van der Waals surface area contributed by atoms with Crippen LogP contribution in [0.25, 0.3) is 21.9 Å². The summed E-state index contributed by atoms with van der Waals surface area (Å²) in [5, 5.41) is -0.252. The number of benzene rings is 3. The van der Waals surface area contributed by atoms with Gasteiger partial charge in [-0.1, -0.05) is 25.4 Å². The van der Waals surface area contributed by atoms with Crippen LogP contribution in [0.15, 0.2) is 24.3 Å². The van der Waals surface area contributed by atoms with Crippen LogP contribution in [0.5, 0.6) is 17.2 Å². The van der Waals surface area contributed by atoms with Gasteiger partial charge in [0.05, 0.1) is 23.3 Å². The minimum atomic E-state index is -5.12. The standard InChI is InChI=1S/C26H19ClF6O5/c1-10(34)37-17-9-15-19(13-8-18(38-11(2)35)23(36-5)22(27)20(13)17)14-6-12(25(28,29)30)7-16(26(31,32)33)21(14)24(15,3)4/h6-9H,1-5H3. The first-order chi connectivity index (χ1) is 17.4. The molecule has 0 fully saturated rings. The maximum Gasteiger partial charge on any atom is 0.416 e. The van der Waals surface area contributed by atoms with Crippen LogP contribution in [-0.4, -0.2) is 19.0 Å². The molecule has 0 saturated carbocycles. The van der Waals surface area contributed by atoms with Gasteiger partial charge in [0.25, 0.3) is 0 Å². The monoisotopic (exact) mass is 560 g/mol. The first-order valence-electron chi connectivity index (χ1n) is 11.0. The first kappa shape index (κ1) is 27.6. The van der Waals surface area contributed by atoms with E-state index in [1.165, 1.54) is 33.1 Å². The van der Waals surface area contributed by atoms with Gasteiger partial charge in [-0.25, -0.2) is 0 Å². The van der Waals surface area contributed by atoms with E-state index in [-0.39, 0.29) is 55.8 Å². The van der Waals surface area contributed by atoms with Crippen LogP contribution in [-0.2, 0) is 27.4 Å². The van der Waals surface area contributed by atoms with Crippen molar-refractivity contribution >= 4 is 34.3 Å². The van der Waals surface area contributed by atoms with Crippen LogP contribution < -0.4 is 14.2 Å². The number of halogens is 7. The summed E-state index contributed by atoms with van der Waals surface area (Å²) < 4.78 is 99.6. The normalized spacial score (nSPS) is 14.2. The summed E-state index contributed by atoms with van der Waals surface area (Å²) in [4.78, 5) is 23.7. The lowest BCUT2D eigenvalue weighted by molar-refractivity contribution is -0.143. The molecule has 0 saturated heterocycles. The molecule has 12 heteroatoms. The molecule has 0 radical (unpaired) electrons. The van der Waals surface area contributed by atoms with Crippen molar-refractivity contribution in [2.45, 2.75) is 45.5 Å². The number of methoxy groups -OCH3 is 1. The molecular weight excluding hydrogens is 542 g/mol. The smallest absolute Gasteiger partial charge is 0.416 e.